The summed E-state index contributed by atoms with van der Waals surface area (Å²) in [5.74, 6) is 0.164. The molecule has 0 radical (unpaired) electrons. The highest BCUT2D eigenvalue weighted by molar-refractivity contribution is 5.85. The number of likely N-dealkylation sites (tertiary alicyclic amines) is 2. The first-order valence-electron chi connectivity index (χ1n) is 8.85. The number of hydrogen-bond donors (Lipinski definition) is 3. The minimum absolute atomic E-state index is 0. The molecule has 7 nitrogen and oxygen atoms in total. The van der Waals surface area contributed by atoms with Gasteiger partial charge in [-0.2, -0.15) is 0 Å². The molecule has 3 rings (SSSR count). The molecule has 3 fully saturated rings. The van der Waals surface area contributed by atoms with Gasteiger partial charge in [0, 0.05) is 57.6 Å². The maximum absolute atomic E-state index is 12.3. The van der Waals surface area contributed by atoms with E-state index in [2.05, 4.69) is 10.6 Å². The Morgan fingerprint density at radius 3 is 2.25 bits per heavy atom. The molecule has 0 aromatic heterocycles. The molecule has 0 aromatic carbocycles. The topological polar surface area (TPSA) is 84.9 Å². The summed E-state index contributed by atoms with van der Waals surface area (Å²) in [6, 6.07) is 0.140. The molecule has 0 aliphatic carbocycles. The van der Waals surface area contributed by atoms with Gasteiger partial charge in [-0.3, -0.25) is 4.79 Å². The van der Waals surface area contributed by atoms with Crippen molar-refractivity contribution in [2.75, 3.05) is 45.8 Å². The van der Waals surface area contributed by atoms with Crippen LogP contribution in [0, 0.1) is 11.8 Å². The number of nitrogens with one attached hydrogen (secondary N) is 2. The Morgan fingerprint density at radius 1 is 1.04 bits per heavy atom. The first kappa shape index (κ1) is 19.3. The van der Waals surface area contributed by atoms with E-state index in [1.54, 1.807) is 0 Å². The summed E-state index contributed by atoms with van der Waals surface area (Å²) >= 11 is 0. The summed E-state index contributed by atoms with van der Waals surface area (Å²) in [4.78, 5) is 28.4. The Kier molecular flexibility index (Phi) is 7.13. The molecule has 3 amide bonds. The number of hydrogen-bond acceptors (Lipinski definition) is 4. The van der Waals surface area contributed by atoms with Crippen LogP contribution >= 0.6 is 12.4 Å². The van der Waals surface area contributed by atoms with Gasteiger partial charge in [-0.05, 0) is 25.7 Å². The molecule has 2 unspecified atom stereocenters. The van der Waals surface area contributed by atoms with Crippen molar-refractivity contribution in [3.05, 3.63) is 0 Å². The Labute approximate surface area is 149 Å². The van der Waals surface area contributed by atoms with Crippen LogP contribution in [0.3, 0.4) is 0 Å². The highest BCUT2D eigenvalue weighted by atomic mass is 35.5. The molecule has 8 heteroatoms. The number of carbonyl (C=O) groups excluding carboxylic acids is 2. The standard InChI is InChI=1S/C16H28N4O3.ClH/c21-14-11-17-9-13(14)10-18-15(22)12-3-7-20(8-4-12)16(23)19-5-1-2-6-19;/h12-14,17,21H,1-11H2,(H,18,22);1H. The number of carbonyl (C=O) groups is 2. The molecular weight excluding hydrogens is 332 g/mol. The van der Waals surface area contributed by atoms with Gasteiger partial charge < -0.3 is 25.5 Å². The van der Waals surface area contributed by atoms with Gasteiger partial charge in [0.1, 0.15) is 0 Å². The Balaban J connectivity index is 0.00000208. The van der Waals surface area contributed by atoms with Crippen LogP contribution in [0.15, 0.2) is 0 Å². The summed E-state index contributed by atoms with van der Waals surface area (Å²) in [5, 5.41) is 15.8. The van der Waals surface area contributed by atoms with Crippen LogP contribution in [0.1, 0.15) is 25.7 Å². The molecule has 0 spiro atoms. The molecule has 3 saturated heterocycles. The number of nitrogens with zero attached hydrogens (tertiary/aromatic N) is 2. The van der Waals surface area contributed by atoms with Gasteiger partial charge in [0.15, 0.2) is 0 Å². The van der Waals surface area contributed by atoms with Gasteiger partial charge in [0.25, 0.3) is 0 Å². The first-order chi connectivity index (χ1) is 11.1. The maximum Gasteiger partial charge on any atom is 0.319 e. The third-order valence-corrected chi connectivity index (χ3v) is 5.36. The van der Waals surface area contributed by atoms with E-state index in [9.17, 15) is 14.7 Å². The summed E-state index contributed by atoms with van der Waals surface area (Å²) in [7, 11) is 0. The smallest absolute Gasteiger partial charge is 0.319 e. The number of piperidine rings is 1. The summed E-state index contributed by atoms with van der Waals surface area (Å²) in [6.45, 7) is 4.97. The van der Waals surface area contributed by atoms with E-state index < -0.39 is 0 Å². The van der Waals surface area contributed by atoms with Gasteiger partial charge in [-0.1, -0.05) is 0 Å². The zero-order valence-electron chi connectivity index (χ0n) is 14.1. The van der Waals surface area contributed by atoms with Crippen molar-refractivity contribution in [2.45, 2.75) is 31.8 Å². The van der Waals surface area contributed by atoms with Gasteiger partial charge in [-0.25, -0.2) is 4.79 Å². The fourth-order valence-electron chi connectivity index (χ4n) is 3.74. The highest BCUT2D eigenvalue weighted by Gasteiger charge is 2.31. The van der Waals surface area contributed by atoms with Crippen molar-refractivity contribution in [2.24, 2.45) is 11.8 Å². The Hall–Kier alpha value is -1.05. The molecule has 3 N–H and O–H groups in total. The third kappa shape index (κ3) is 4.52. The van der Waals surface area contributed by atoms with Crippen LogP contribution in [0.4, 0.5) is 4.79 Å². The molecule has 138 valence electrons. The largest absolute Gasteiger partial charge is 0.391 e. The monoisotopic (exact) mass is 360 g/mol. The number of urea groups is 1. The minimum Gasteiger partial charge on any atom is -0.391 e. The Morgan fingerprint density at radius 2 is 1.67 bits per heavy atom. The van der Waals surface area contributed by atoms with Crippen LogP contribution < -0.4 is 10.6 Å². The zero-order chi connectivity index (χ0) is 16.2. The molecule has 3 aliphatic heterocycles. The summed E-state index contributed by atoms with van der Waals surface area (Å²) in [5.41, 5.74) is 0. The fraction of sp³-hybridized carbons (Fsp3) is 0.875. The van der Waals surface area contributed by atoms with E-state index in [4.69, 9.17) is 0 Å². The van der Waals surface area contributed by atoms with Crippen molar-refractivity contribution in [1.29, 1.82) is 0 Å². The summed E-state index contributed by atoms with van der Waals surface area (Å²) in [6.07, 6.45) is 3.31. The SMILES string of the molecule is Cl.O=C(NCC1CNCC1O)C1CCN(C(=O)N2CCCC2)CC1. The molecule has 0 bridgehead atoms. The van der Waals surface area contributed by atoms with Crippen molar-refractivity contribution in [3.63, 3.8) is 0 Å². The lowest BCUT2D eigenvalue weighted by molar-refractivity contribution is -0.126. The van der Waals surface area contributed by atoms with Crippen LogP contribution in [0.5, 0.6) is 0 Å². The van der Waals surface area contributed by atoms with Gasteiger partial charge in [-0.15, -0.1) is 12.4 Å². The van der Waals surface area contributed by atoms with E-state index in [0.717, 1.165) is 45.3 Å². The predicted molar refractivity (Wildman–Crippen MR) is 93.1 cm³/mol. The lowest BCUT2D eigenvalue weighted by atomic mass is 9.95. The fourth-order valence-corrected chi connectivity index (χ4v) is 3.74. The second-order valence-corrected chi connectivity index (χ2v) is 6.97. The highest BCUT2D eigenvalue weighted by Crippen LogP contribution is 2.20. The minimum atomic E-state index is -0.366. The third-order valence-electron chi connectivity index (χ3n) is 5.36. The molecule has 0 saturated carbocycles. The summed E-state index contributed by atoms with van der Waals surface area (Å²) < 4.78 is 0. The molecule has 3 heterocycles. The second-order valence-electron chi connectivity index (χ2n) is 6.97. The van der Waals surface area contributed by atoms with Crippen molar-refractivity contribution in [3.8, 4) is 0 Å². The van der Waals surface area contributed by atoms with Gasteiger partial charge in [0.05, 0.1) is 6.10 Å². The van der Waals surface area contributed by atoms with E-state index in [1.165, 1.54) is 0 Å². The lowest BCUT2D eigenvalue weighted by Crippen LogP contribution is -2.48. The van der Waals surface area contributed by atoms with Gasteiger partial charge >= 0.3 is 6.03 Å². The second kappa shape index (κ2) is 8.87. The molecular formula is C16H29ClN4O3. The lowest BCUT2D eigenvalue weighted by Gasteiger charge is -2.34. The number of amides is 3. The average molecular weight is 361 g/mol. The molecule has 24 heavy (non-hydrogen) atoms. The Bertz CT molecular complexity index is 437. The predicted octanol–water partition coefficient (Wildman–Crippen LogP) is 0.0325. The van der Waals surface area contributed by atoms with Crippen LogP contribution in [0.25, 0.3) is 0 Å². The van der Waals surface area contributed by atoms with E-state index in [0.29, 0.717) is 26.2 Å². The van der Waals surface area contributed by atoms with Crippen LogP contribution in [-0.4, -0.2) is 78.8 Å². The number of aliphatic hydroxyl groups is 1. The van der Waals surface area contributed by atoms with E-state index in [1.807, 2.05) is 9.80 Å². The maximum atomic E-state index is 12.3. The van der Waals surface area contributed by atoms with Crippen molar-refractivity contribution >= 4 is 24.3 Å². The number of halogens is 1. The average Bonchev–Trinajstić information content (AvgIpc) is 3.24. The quantitative estimate of drug-likeness (QED) is 0.663. The van der Waals surface area contributed by atoms with Crippen LogP contribution in [0.2, 0.25) is 0 Å². The zero-order valence-corrected chi connectivity index (χ0v) is 14.9. The molecule has 0 aromatic rings. The van der Waals surface area contributed by atoms with Crippen molar-refractivity contribution in [1.82, 2.24) is 20.4 Å². The van der Waals surface area contributed by atoms with Crippen LogP contribution in [-0.2, 0) is 4.79 Å². The number of aliphatic hydroxyl groups excluding tert-OH is 1. The number of rotatable bonds is 3. The van der Waals surface area contributed by atoms with E-state index >= 15 is 0 Å². The first-order valence-corrected chi connectivity index (χ1v) is 8.85. The number of β-amino-alcohol motifs (C(OH)–C–C–N with tert-alkyl or cyclic N) is 1. The van der Waals surface area contributed by atoms with Crippen molar-refractivity contribution < 1.29 is 14.7 Å². The molecule has 3 aliphatic rings. The van der Waals surface area contributed by atoms with Gasteiger partial charge in [0.2, 0.25) is 5.91 Å². The normalized spacial score (nSPS) is 27.9. The van der Waals surface area contributed by atoms with E-state index in [-0.39, 0.29) is 42.3 Å². The molecule has 2 atom stereocenters.